The maximum atomic E-state index is 12.9. The monoisotopic (exact) mass is 226 g/mol. The summed E-state index contributed by atoms with van der Waals surface area (Å²) in [7, 11) is 0. The summed E-state index contributed by atoms with van der Waals surface area (Å²) >= 11 is 6.32. The molecule has 0 atom stereocenters. The van der Waals surface area contributed by atoms with Gasteiger partial charge < -0.3 is 0 Å². The van der Waals surface area contributed by atoms with Crippen LogP contribution in [0.1, 0.15) is 0 Å². The van der Waals surface area contributed by atoms with Gasteiger partial charge in [-0.1, -0.05) is 11.6 Å². The van der Waals surface area contributed by atoms with E-state index in [0.29, 0.717) is 5.02 Å². The topological polar surface area (TPSA) is 0 Å². The number of benzene rings is 1. The lowest BCUT2D eigenvalue weighted by Crippen LogP contribution is -1.94. The molecule has 0 aromatic heterocycles. The summed E-state index contributed by atoms with van der Waals surface area (Å²) in [4.78, 5) is 0.160. The van der Waals surface area contributed by atoms with Crippen molar-refractivity contribution in [2.45, 2.75) is 11.3 Å². The van der Waals surface area contributed by atoms with Crippen molar-refractivity contribution in [3.8, 4) is 0 Å². The Bertz CT molecular complexity index is 291. The second-order valence-corrected chi connectivity index (χ2v) is 3.78. The van der Waals surface area contributed by atoms with Crippen LogP contribution in [0.25, 0.3) is 0 Å². The predicted molar refractivity (Wildman–Crippen MR) is 48.1 cm³/mol. The third-order valence-electron chi connectivity index (χ3n) is 1.26. The van der Waals surface area contributed by atoms with Crippen LogP contribution in [-0.2, 0) is 0 Å². The molecule has 0 heterocycles. The highest BCUT2D eigenvalue weighted by Crippen LogP contribution is 2.26. The molecule has 72 valence electrons. The minimum atomic E-state index is -2.44. The first kappa shape index (κ1) is 10.7. The Morgan fingerprint density at radius 3 is 2.69 bits per heavy atom. The zero-order valence-corrected chi connectivity index (χ0v) is 8.01. The molecule has 0 amide bonds. The van der Waals surface area contributed by atoms with Crippen molar-refractivity contribution in [3.05, 3.63) is 29.0 Å². The molecule has 0 bridgehead atoms. The largest absolute Gasteiger partial charge is 0.247 e. The standard InChI is InChI=1S/C8H6ClF3S/c9-5-1-2-6(10)7(3-5)13-4-8(11)12/h1-3,8H,4H2. The normalized spacial score (nSPS) is 10.8. The van der Waals surface area contributed by atoms with E-state index in [4.69, 9.17) is 11.6 Å². The number of hydrogen-bond donors (Lipinski definition) is 0. The van der Waals surface area contributed by atoms with Gasteiger partial charge in [-0.3, -0.25) is 0 Å². The molecule has 0 N–H and O–H groups in total. The molecule has 0 nitrogen and oxygen atoms in total. The third-order valence-corrected chi connectivity index (χ3v) is 2.54. The van der Waals surface area contributed by atoms with Gasteiger partial charge in [0.1, 0.15) is 5.82 Å². The average molecular weight is 227 g/mol. The van der Waals surface area contributed by atoms with E-state index < -0.39 is 18.0 Å². The van der Waals surface area contributed by atoms with Gasteiger partial charge in [0.25, 0.3) is 0 Å². The summed E-state index contributed by atoms with van der Waals surface area (Å²) in [5.41, 5.74) is 0. The van der Waals surface area contributed by atoms with Crippen molar-refractivity contribution in [2.24, 2.45) is 0 Å². The van der Waals surface area contributed by atoms with E-state index in [9.17, 15) is 13.2 Å². The first-order valence-corrected chi connectivity index (χ1v) is 4.82. The lowest BCUT2D eigenvalue weighted by molar-refractivity contribution is 0.177. The van der Waals surface area contributed by atoms with Gasteiger partial charge in [-0.05, 0) is 18.2 Å². The van der Waals surface area contributed by atoms with Crippen LogP contribution in [0.5, 0.6) is 0 Å². The Morgan fingerprint density at radius 2 is 2.08 bits per heavy atom. The van der Waals surface area contributed by atoms with Crippen LogP contribution in [0.4, 0.5) is 13.2 Å². The Balaban J connectivity index is 2.70. The number of thioether (sulfide) groups is 1. The van der Waals surface area contributed by atoms with Crippen molar-refractivity contribution in [1.29, 1.82) is 0 Å². The van der Waals surface area contributed by atoms with Crippen LogP contribution in [0, 0.1) is 5.82 Å². The summed E-state index contributed by atoms with van der Waals surface area (Å²) in [6.45, 7) is 0. The maximum Gasteiger partial charge on any atom is 0.247 e. The molecular weight excluding hydrogens is 221 g/mol. The minimum Gasteiger partial charge on any atom is -0.210 e. The Kier molecular flexibility index (Phi) is 3.93. The fourth-order valence-electron chi connectivity index (χ4n) is 0.741. The van der Waals surface area contributed by atoms with E-state index >= 15 is 0 Å². The fraction of sp³-hybridized carbons (Fsp3) is 0.250. The molecule has 0 saturated heterocycles. The molecule has 0 aliphatic heterocycles. The smallest absolute Gasteiger partial charge is 0.210 e. The first-order chi connectivity index (χ1) is 6.09. The lowest BCUT2D eigenvalue weighted by atomic mass is 10.3. The molecular formula is C8H6ClF3S. The van der Waals surface area contributed by atoms with Crippen molar-refractivity contribution in [1.82, 2.24) is 0 Å². The molecule has 0 saturated carbocycles. The van der Waals surface area contributed by atoms with Crippen LogP contribution in [0.15, 0.2) is 23.1 Å². The van der Waals surface area contributed by atoms with E-state index in [1.165, 1.54) is 12.1 Å². The highest BCUT2D eigenvalue weighted by atomic mass is 35.5. The summed E-state index contributed by atoms with van der Waals surface area (Å²) in [5.74, 6) is -0.938. The number of halogens is 4. The van der Waals surface area contributed by atoms with Gasteiger partial charge in [0.15, 0.2) is 0 Å². The van der Waals surface area contributed by atoms with Crippen LogP contribution in [0.2, 0.25) is 5.02 Å². The molecule has 0 aliphatic carbocycles. The second kappa shape index (κ2) is 4.77. The van der Waals surface area contributed by atoms with Crippen molar-refractivity contribution >= 4 is 23.4 Å². The molecule has 0 fully saturated rings. The maximum absolute atomic E-state index is 12.9. The third kappa shape index (κ3) is 3.48. The van der Waals surface area contributed by atoms with Gasteiger partial charge in [0.05, 0.1) is 5.75 Å². The summed E-state index contributed by atoms with van der Waals surface area (Å²) in [6.07, 6.45) is -2.44. The van der Waals surface area contributed by atoms with E-state index in [2.05, 4.69) is 0 Å². The molecule has 0 spiro atoms. The second-order valence-electron chi connectivity index (χ2n) is 2.28. The molecule has 5 heteroatoms. The van der Waals surface area contributed by atoms with E-state index in [-0.39, 0.29) is 4.90 Å². The quantitative estimate of drug-likeness (QED) is 0.706. The lowest BCUT2D eigenvalue weighted by Gasteiger charge is -2.02. The van der Waals surface area contributed by atoms with E-state index in [1.54, 1.807) is 0 Å². The molecule has 0 aliphatic rings. The number of hydrogen-bond acceptors (Lipinski definition) is 1. The van der Waals surface area contributed by atoms with Gasteiger partial charge in [-0.25, -0.2) is 13.2 Å². The van der Waals surface area contributed by atoms with Gasteiger partial charge in [-0.2, -0.15) is 0 Å². The van der Waals surface area contributed by atoms with E-state index in [0.717, 1.165) is 17.8 Å². The molecule has 0 radical (unpaired) electrons. The fourth-order valence-corrected chi connectivity index (χ4v) is 1.70. The molecule has 1 rings (SSSR count). The summed E-state index contributed by atoms with van der Waals surface area (Å²) in [5, 5.41) is 0.346. The van der Waals surface area contributed by atoms with Crippen LogP contribution in [0.3, 0.4) is 0 Å². The number of rotatable bonds is 3. The summed E-state index contributed by atoms with van der Waals surface area (Å²) < 4.78 is 36.4. The predicted octanol–water partition coefficient (Wildman–Crippen LogP) is 3.84. The number of alkyl halides is 2. The van der Waals surface area contributed by atoms with Crippen LogP contribution < -0.4 is 0 Å². The Morgan fingerprint density at radius 1 is 1.38 bits per heavy atom. The zero-order valence-electron chi connectivity index (χ0n) is 6.44. The van der Waals surface area contributed by atoms with Crippen molar-refractivity contribution in [2.75, 3.05) is 5.75 Å². The Hall–Kier alpha value is -0.350. The SMILES string of the molecule is Fc1ccc(Cl)cc1SCC(F)F. The van der Waals surface area contributed by atoms with Gasteiger partial charge >= 0.3 is 0 Å². The van der Waals surface area contributed by atoms with Crippen molar-refractivity contribution in [3.63, 3.8) is 0 Å². The van der Waals surface area contributed by atoms with Gasteiger partial charge in [0, 0.05) is 9.92 Å². The zero-order chi connectivity index (χ0) is 9.84. The molecule has 0 unspecified atom stereocenters. The van der Waals surface area contributed by atoms with Crippen LogP contribution in [-0.4, -0.2) is 12.2 Å². The average Bonchev–Trinajstić information content (AvgIpc) is 2.06. The molecule has 1 aromatic carbocycles. The summed E-state index contributed by atoms with van der Waals surface area (Å²) in [6, 6.07) is 3.88. The van der Waals surface area contributed by atoms with Crippen molar-refractivity contribution < 1.29 is 13.2 Å². The van der Waals surface area contributed by atoms with Gasteiger partial charge in [-0.15, -0.1) is 11.8 Å². The molecule has 1 aromatic rings. The Labute approximate surface area is 83.1 Å². The van der Waals surface area contributed by atoms with Crippen LogP contribution >= 0.6 is 23.4 Å². The van der Waals surface area contributed by atoms with Gasteiger partial charge in [0.2, 0.25) is 6.43 Å². The minimum absolute atomic E-state index is 0.160. The highest BCUT2D eigenvalue weighted by Gasteiger charge is 2.07. The first-order valence-electron chi connectivity index (χ1n) is 3.45. The van der Waals surface area contributed by atoms with E-state index in [1.807, 2.05) is 0 Å². The highest BCUT2D eigenvalue weighted by molar-refractivity contribution is 7.99. The molecule has 13 heavy (non-hydrogen) atoms.